The highest BCUT2D eigenvalue weighted by atomic mass is 16.4. The van der Waals surface area contributed by atoms with Gasteiger partial charge in [-0.05, 0) is 36.8 Å². The number of allylic oxidation sites excluding steroid dienone is 1. The zero-order valence-electron chi connectivity index (χ0n) is 11.2. The van der Waals surface area contributed by atoms with E-state index in [2.05, 4.69) is 29.8 Å². The van der Waals surface area contributed by atoms with E-state index in [1.54, 1.807) is 0 Å². The van der Waals surface area contributed by atoms with Crippen LogP contribution in [0.25, 0.3) is 16.5 Å². The van der Waals surface area contributed by atoms with Gasteiger partial charge in [0.1, 0.15) is 0 Å². The van der Waals surface area contributed by atoms with Crippen LogP contribution in [-0.4, -0.2) is 15.6 Å². The minimum atomic E-state index is -0.855. The van der Waals surface area contributed by atoms with Crippen LogP contribution >= 0.6 is 0 Å². The lowest BCUT2D eigenvalue weighted by molar-refractivity contribution is -0.131. The van der Waals surface area contributed by atoms with Gasteiger partial charge in [0.2, 0.25) is 0 Å². The monoisotopic (exact) mass is 255 g/mol. The molecule has 0 amide bonds. The van der Waals surface area contributed by atoms with Gasteiger partial charge in [0, 0.05) is 30.3 Å². The van der Waals surface area contributed by atoms with E-state index >= 15 is 0 Å². The Morgan fingerprint density at radius 1 is 1.42 bits per heavy atom. The summed E-state index contributed by atoms with van der Waals surface area (Å²) in [5.41, 5.74) is 4.46. The number of hydrogen-bond acceptors (Lipinski definition) is 1. The number of benzene rings is 1. The molecule has 98 valence electrons. The second kappa shape index (κ2) is 4.26. The van der Waals surface area contributed by atoms with Crippen molar-refractivity contribution in [1.29, 1.82) is 0 Å². The molecule has 1 fully saturated rings. The average Bonchev–Trinajstić information content (AvgIpc) is 3.12. The van der Waals surface area contributed by atoms with Crippen molar-refractivity contribution < 1.29 is 9.90 Å². The number of carbonyl (C=O) groups is 1. The Labute approximate surface area is 112 Å². The Hall–Kier alpha value is -2.03. The molecule has 3 nitrogen and oxygen atoms in total. The van der Waals surface area contributed by atoms with Crippen LogP contribution in [-0.2, 0) is 11.8 Å². The molecule has 1 N–H and O–H groups in total. The number of nitrogens with zero attached hydrogens (tertiary/aromatic N) is 1. The van der Waals surface area contributed by atoms with Gasteiger partial charge in [-0.25, -0.2) is 4.79 Å². The first-order valence-electron chi connectivity index (χ1n) is 6.57. The average molecular weight is 255 g/mol. The second-order valence-corrected chi connectivity index (χ2v) is 5.34. The lowest BCUT2D eigenvalue weighted by Crippen LogP contribution is -1.94. The number of rotatable bonds is 3. The summed E-state index contributed by atoms with van der Waals surface area (Å²) in [5.74, 6) is -0.436. The third-order valence-corrected chi connectivity index (χ3v) is 3.81. The fourth-order valence-corrected chi connectivity index (χ4v) is 2.85. The summed E-state index contributed by atoms with van der Waals surface area (Å²) in [6.07, 6.45) is 5.64. The van der Waals surface area contributed by atoms with E-state index in [4.69, 9.17) is 5.11 Å². The molecule has 19 heavy (non-hydrogen) atoms. The van der Waals surface area contributed by atoms with Crippen molar-refractivity contribution in [1.82, 2.24) is 4.57 Å². The highest BCUT2D eigenvalue weighted by Crippen LogP contribution is 2.44. The Bertz CT molecular complexity index is 690. The SMILES string of the molecule is Cc1cccc2c(/C(=C/C(=O)O)C3CC3)cn(C)c12. The maximum atomic E-state index is 11.0. The molecule has 0 bridgehead atoms. The van der Waals surface area contributed by atoms with Crippen LogP contribution in [0.3, 0.4) is 0 Å². The molecule has 2 aromatic rings. The molecule has 1 heterocycles. The molecule has 0 aliphatic heterocycles. The maximum Gasteiger partial charge on any atom is 0.328 e. The van der Waals surface area contributed by atoms with Gasteiger partial charge in [0.15, 0.2) is 0 Å². The lowest BCUT2D eigenvalue weighted by atomic mass is 9.99. The molecule has 0 unspecified atom stereocenters. The van der Waals surface area contributed by atoms with Crippen LogP contribution in [0.2, 0.25) is 0 Å². The Morgan fingerprint density at radius 3 is 2.79 bits per heavy atom. The van der Waals surface area contributed by atoms with E-state index in [0.29, 0.717) is 5.92 Å². The third-order valence-electron chi connectivity index (χ3n) is 3.81. The number of aromatic nitrogens is 1. The molecule has 0 saturated heterocycles. The zero-order chi connectivity index (χ0) is 13.6. The molecule has 0 atom stereocenters. The fourth-order valence-electron chi connectivity index (χ4n) is 2.85. The predicted octanol–water partition coefficient (Wildman–Crippen LogP) is 3.36. The maximum absolute atomic E-state index is 11.0. The molecule has 1 aliphatic carbocycles. The number of fused-ring (bicyclic) bond motifs is 1. The number of carboxylic acids is 1. The van der Waals surface area contributed by atoms with Gasteiger partial charge in [-0.1, -0.05) is 18.2 Å². The minimum Gasteiger partial charge on any atom is -0.478 e. The largest absolute Gasteiger partial charge is 0.478 e. The van der Waals surface area contributed by atoms with E-state index in [1.165, 1.54) is 17.2 Å². The van der Waals surface area contributed by atoms with E-state index in [0.717, 1.165) is 29.4 Å². The molecule has 3 rings (SSSR count). The van der Waals surface area contributed by atoms with Gasteiger partial charge in [0.25, 0.3) is 0 Å². The van der Waals surface area contributed by atoms with E-state index in [1.807, 2.05) is 13.1 Å². The van der Waals surface area contributed by atoms with Crippen LogP contribution in [0.1, 0.15) is 24.0 Å². The smallest absolute Gasteiger partial charge is 0.328 e. The standard InChI is InChI=1S/C16H17NO2/c1-10-4-3-5-12-14(9-17(2)16(10)12)13(8-15(18)19)11-6-7-11/h3-5,8-9,11H,6-7H2,1-2H3,(H,18,19)/b13-8+. The summed E-state index contributed by atoms with van der Waals surface area (Å²) in [6, 6.07) is 6.20. The van der Waals surface area contributed by atoms with Crippen molar-refractivity contribution in [3.63, 3.8) is 0 Å². The Morgan fingerprint density at radius 2 is 2.16 bits per heavy atom. The summed E-state index contributed by atoms with van der Waals surface area (Å²) in [6.45, 7) is 2.09. The van der Waals surface area contributed by atoms with Crippen molar-refractivity contribution in [3.8, 4) is 0 Å². The van der Waals surface area contributed by atoms with Gasteiger partial charge in [-0.2, -0.15) is 0 Å². The fraction of sp³-hybridized carbons (Fsp3) is 0.312. The molecule has 0 radical (unpaired) electrons. The highest BCUT2D eigenvalue weighted by Gasteiger charge is 2.29. The summed E-state index contributed by atoms with van der Waals surface area (Å²) < 4.78 is 2.10. The normalized spacial score (nSPS) is 16.0. The lowest BCUT2D eigenvalue weighted by Gasteiger charge is -2.04. The summed E-state index contributed by atoms with van der Waals surface area (Å²) >= 11 is 0. The molecular weight excluding hydrogens is 238 g/mol. The molecule has 0 spiro atoms. The quantitative estimate of drug-likeness (QED) is 0.854. The number of carboxylic acid groups (broad SMARTS) is 1. The van der Waals surface area contributed by atoms with Crippen molar-refractivity contribution in [2.24, 2.45) is 13.0 Å². The molecule has 1 aromatic carbocycles. The molecule has 1 aromatic heterocycles. The molecule has 1 aliphatic rings. The van der Waals surface area contributed by atoms with Gasteiger partial charge < -0.3 is 9.67 Å². The number of para-hydroxylation sites is 1. The highest BCUT2D eigenvalue weighted by molar-refractivity contribution is 6.00. The minimum absolute atomic E-state index is 0.419. The van der Waals surface area contributed by atoms with Crippen LogP contribution < -0.4 is 0 Å². The third kappa shape index (κ3) is 2.05. The predicted molar refractivity (Wildman–Crippen MR) is 76.0 cm³/mol. The first-order valence-corrected chi connectivity index (χ1v) is 6.57. The van der Waals surface area contributed by atoms with E-state index < -0.39 is 5.97 Å². The van der Waals surface area contributed by atoms with Gasteiger partial charge in [0.05, 0.1) is 5.52 Å². The molecular formula is C16H17NO2. The first-order chi connectivity index (χ1) is 9.08. The second-order valence-electron chi connectivity index (χ2n) is 5.34. The summed E-state index contributed by atoms with van der Waals surface area (Å²) in [4.78, 5) is 11.0. The molecule has 1 saturated carbocycles. The van der Waals surface area contributed by atoms with E-state index in [-0.39, 0.29) is 0 Å². The van der Waals surface area contributed by atoms with Crippen LogP contribution in [0.4, 0.5) is 0 Å². The van der Waals surface area contributed by atoms with Crippen molar-refractivity contribution >= 4 is 22.4 Å². The Kier molecular flexibility index (Phi) is 2.70. The van der Waals surface area contributed by atoms with Crippen LogP contribution in [0, 0.1) is 12.8 Å². The topological polar surface area (TPSA) is 42.2 Å². The van der Waals surface area contributed by atoms with Crippen LogP contribution in [0.15, 0.2) is 30.5 Å². The summed E-state index contributed by atoms with van der Waals surface area (Å²) in [7, 11) is 2.02. The number of aryl methyl sites for hydroxylation is 2. The van der Waals surface area contributed by atoms with Gasteiger partial charge in [-0.15, -0.1) is 0 Å². The van der Waals surface area contributed by atoms with Gasteiger partial charge in [-0.3, -0.25) is 0 Å². The first kappa shape index (κ1) is 12.0. The van der Waals surface area contributed by atoms with Crippen LogP contribution in [0.5, 0.6) is 0 Å². The molecule has 3 heteroatoms. The van der Waals surface area contributed by atoms with Crippen molar-refractivity contribution in [2.75, 3.05) is 0 Å². The van der Waals surface area contributed by atoms with E-state index in [9.17, 15) is 4.79 Å². The Balaban J connectivity index is 2.24. The number of hydrogen-bond donors (Lipinski definition) is 1. The summed E-state index contributed by atoms with van der Waals surface area (Å²) in [5, 5.41) is 10.2. The van der Waals surface area contributed by atoms with Crippen molar-refractivity contribution in [2.45, 2.75) is 19.8 Å². The number of aliphatic carboxylic acids is 1. The van der Waals surface area contributed by atoms with Gasteiger partial charge >= 0.3 is 5.97 Å². The zero-order valence-corrected chi connectivity index (χ0v) is 11.2. The van der Waals surface area contributed by atoms with Crippen molar-refractivity contribution in [3.05, 3.63) is 41.6 Å².